The van der Waals surface area contributed by atoms with E-state index in [-0.39, 0.29) is 23.5 Å². The maximum Gasteiger partial charge on any atom is 0.342 e. The molecule has 2 aromatic rings. The van der Waals surface area contributed by atoms with Crippen molar-refractivity contribution >= 4 is 17.6 Å². The van der Waals surface area contributed by atoms with E-state index in [9.17, 15) is 19.1 Å². The highest BCUT2D eigenvalue weighted by molar-refractivity contribution is 5.98. The molecule has 0 aliphatic carbocycles. The summed E-state index contributed by atoms with van der Waals surface area (Å²) in [6.45, 7) is 1.67. The zero-order valence-corrected chi connectivity index (χ0v) is 13.8. The molecule has 25 heavy (non-hydrogen) atoms. The van der Waals surface area contributed by atoms with Gasteiger partial charge in [-0.3, -0.25) is 4.79 Å². The maximum absolute atomic E-state index is 12.9. The zero-order chi connectivity index (χ0) is 18.4. The Hall–Kier alpha value is -3.09. The number of halogens is 1. The van der Waals surface area contributed by atoms with Crippen molar-refractivity contribution in [1.82, 2.24) is 0 Å². The van der Waals surface area contributed by atoms with Gasteiger partial charge in [-0.1, -0.05) is 13.0 Å². The van der Waals surface area contributed by atoms with Gasteiger partial charge in [0, 0.05) is 5.69 Å². The van der Waals surface area contributed by atoms with Crippen LogP contribution in [0.3, 0.4) is 0 Å². The molecule has 2 N–H and O–H groups in total. The second-order valence-corrected chi connectivity index (χ2v) is 5.15. The molecule has 1 unspecified atom stereocenters. The van der Waals surface area contributed by atoms with Gasteiger partial charge in [-0.15, -0.1) is 0 Å². The number of rotatable bonds is 6. The quantitative estimate of drug-likeness (QED) is 0.784. The van der Waals surface area contributed by atoms with Crippen LogP contribution in [0.15, 0.2) is 42.5 Å². The van der Waals surface area contributed by atoms with Crippen LogP contribution < -0.4 is 10.1 Å². The lowest BCUT2D eigenvalue weighted by Gasteiger charge is -2.17. The fourth-order valence-electron chi connectivity index (χ4n) is 2.12. The lowest BCUT2D eigenvalue weighted by Crippen LogP contribution is -2.32. The Morgan fingerprint density at radius 3 is 2.48 bits per heavy atom. The van der Waals surface area contributed by atoms with E-state index in [2.05, 4.69) is 5.32 Å². The molecular weight excluding hydrogens is 329 g/mol. The van der Waals surface area contributed by atoms with Gasteiger partial charge in [0.2, 0.25) is 0 Å². The van der Waals surface area contributed by atoms with E-state index in [1.54, 1.807) is 6.92 Å². The van der Waals surface area contributed by atoms with Gasteiger partial charge in [-0.2, -0.15) is 0 Å². The van der Waals surface area contributed by atoms with Crippen LogP contribution in [0.5, 0.6) is 11.5 Å². The van der Waals surface area contributed by atoms with Crippen molar-refractivity contribution in [3.05, 3.63) is 53.8 Å². The minimum absolute atomic E-state index is 0.104. The fourth-order valence-corrected chi connectivity index (χ4v) is 2.12. The van der Waals surface area contributed by atoms with Gasteiger partial charge in [0.15, 0.2) is 17.6 Å². The lowest BCUT2D eigenvalue weighted by molar-refractivity contribution is -0.124. The predicted octanol–water partition coefficient (Wildman–Crippen LogP) is 3.11. The average Bonchev–Trinajstić information content (AvgIpc) is 2.61. The summed E-state index contributed by atoms with van der Waals surface area (Å²) in [5.74, 6) is -2.06. The first-order valence-electron chi connectivity index (χ1n) is 7.59. The third-order valence-electron chi connectivity index (χ3n) is 3.46. The molecular formula is C18H18FNO5. The predicted molar refractivity (Wildman–Crippen MR) is 89.2 cm³/mol. The summed E-state index contributed by atoms with van der Waals surface area (Å²) in [6, 6.07) is 9.59. The number of phenols is 1. The second-order valence-electron chi connectivity index (χ2n) is 5.15. The van der Waals surface area contributed by atoms with Crippen LogP contribution in [0.2, 0.25) is 0 Å². The number of nitrogens with one attached hydrogen (secondary N) is 1. The molecule has 2 rings (SSSR count). The average molecular weight is 347 g/mol. The molecule has 0 bridgehead atoms. The molecule has 0 fully saturated rings. The summed E-state index contributed by atoms with van der Waals surface area (Å²) in [5, 5.41) is 12.5. The SMILES string of the molecule is CCC(OC(=O)c1cccc(OC)c1O)C(=O)Nc1ccc(F)cc1. The monoisotopic (exact) mass is 347 g/mol. The lowest BCUT2D eigenvalue weighted by atomic mass is 10.2. The molecule has 0 heterocycles. The Morgan fingerprint density at radius 1 is 1.20 bits per heavy atom. The number of para-hydroxylation sites is 1. The van der Waals surface area contributed by atoms with Crippen molar-refractivity contribution in [2.75, 3.05) is 12.4 Å². The summed E-state index contributed by atoms with van der Waals surface area (Å²) in [4.78, 5) is 24.5. The molecule has 1 amide bonds. The Kier molecular flexibility index (Phi) is 5.94. The highest BCUT2D eigenvalue weighted by Gasteiger charge is 2.24. The molecule has 0 radical (unpaired) electrons. The number of amides is 1. The Labute approximate surface area is 144 Å². The van der Waals surface area contributed by atoms with Gasteiger partial charge in [0.05, 0.1) is 7.11 Å². The number of hydrogen-bond donors (Lipinski definition) is 2. The fraction of sp³-hybridized carbons (Fsp3) is 0.222. The number of anilines is 1. The first kappa shape index (κ1) is 18.3. The minimum atomic E-state index is -1.07. The van der Waals surface area contributed by atoms with E-state index in [1.165, 1.54) is 49.6 Å². The maximum atomic E-state index is 12.9. The minimum Gasteiger partial charge on any atom is -0.504 e. The molecule has 0 aliphatic heterocycles. The van der Waals surface area contributed by atoms with Gasteiger partial charge in [-0.05, 0) is 42.8 Å². The van der Waals surface area contributed by atoms with Crippen LogP contribution in [0.25, 0.3) is 0 Å². The third-order valence-corrected chi connectivity index (χ3v) is 3.46. The number of aromatic hydroxyl groups is 1. The van der Waals surface area contributed by atoms with Crippen molar-refractivity contribution in [1.29, 1.82) is 0 Å². The standard InChI is InChI=1S/C18H18FNO5/c1-3-14(17(22)20-12-9-7-11(19)8-10-12)25-18(23)13-5-4-6-15(24-2)16(13)21/h4-10,14,21H,3H2,1-2H3,(H,20,22). The highest BCUT2D eigenvalue weighted by Crippen LogP contribution is 2.30. The number of esters is 1. The summed E-state index contributed by atoms with van der Waals surface area (Å²) in [7, 11) is 1.36. The molecule has 7 heteroatoms. The number of carbonyl (C=O) groups is 2. The van der Waals surface area contributed by atoms with Crippen LogP contribution in [0, 0.1) is 5.82 Å². The summed E-state index contributed by atoms with van der Waals surface area (Å²) >= 11 is 0. The summed E-state index contributed by atoms with van der Waals surface area (Å²) < 4.78 is 23.0. The van der Waals surface area contributed by atoms with Crippen LogP contribution in [-0.4, -0.2) is 30.2 Å². The topological polar surface area (TPSA) is 84.9 Å². The van der Waals surface area contributed by atoms with Crippen molar-refractivity contribution in [2.45, 2.75) is 19.4 Å². The van der Waals surface area contributed by atoms with Crippen molar-refractivity contribution in [3.8, 4) is 11.5 Å². The van der Waals surface area contributed by atoms with Gasteiger partial charge >= 0.3 is 5.97 Å². The Balaban J connectivity index is 2.09. The number of methoxy groups -OCH3 is 1. The number of phenolic OH excluding ortho intramolecular Hbond substituents is 1. The van der Waals surface area contributed by atoms with E-state index >= 15 is 0 Å². The molecule has 132 valence electrons. The van der Waals surface area contributed by atoms with Crippen molar-refractivity contribution in [2.24, 2.45) is 0 Å². The molecule has 0 saturated heterocycles. The van der Waals surface area contributed by atoms with E-state index in [1.807, 2.05) is 0 Å². The molecule has 0 saturated carbocycles. The van der Waals surface area contributed by atoms with Gasteiger partial charge in [0.1, 0.15) is 11.4 Å². The van der Waals surface area contributed by atoms with Crippen LogP contribution in [0.1, 0.15) is 23.7 Å². The first-order valence-corrected chi connectivity index (χ1v) is 7.59. The number of hydrogen-bond acceptors (Lipinski definition) is 5. The van der Waals surface area contributed by atoms with E-state index in [0.717, 1.165) is 0 Å². The number of benzene rings is 2. The first-order chi connectivity index (χ1) is 12.0. The van der Waals surface area contributed by atoms with E-state index < -0.39 is 23.8 Å². The molecule has 0 aromatic heterocycles. The van der Waals surface area contributed by atoms with Crippen LogP contribution in [-0.2, 0) is 9.53 Å². The second kappa shape index (κ2) is 8.14. The summed E-state index contributed by atoms with van der Waals surface area (Å²) in [5.41, 5.74) is 0.275. The number of ether oxygens (including phenoxy) is 2. The Bertz CT molecular complexity index is 761. The van der Waals surface area contributed by atoms with E-state index in [0.29, 0.717) is 5.69 Å². The molecule has 6 nitrogen and oxygen atoms in total. The van der Waals surface area contributed by atoms with E-state index in [4.69, 9.17) is 9.47 Å². The highest BCUT2D eigenvalue weighted by atomic mass is 19.1. The third kappa shape index (κ3) is 4.47. The van der Waals surface area contributed by atoms with Crippen LogP contribution in [0.4, 0.5) is 10.1 Å². The number of carbonyl (C=O) groups excluding carboxylic acids is 2. The molecule has 2 aromatic carbocycles. The smallest absolute Gasteiger partial charge is 0.342 e. The molecule has 1 atom stereocenters. The largest absolute Gasteiger partial charge is 0.504 e. The normalized spacial score (nSPS) is 11.5. The van der Waals surface area contributed by atoms with Gasteiger partial charge in [-0.25, -0.2) is 9.18 Å². The van der Waals surface area contributed by atoms with Gasteiger partial charge < -0.3 is 19.9 Å². The van der Waals surface area contributed by atoms with Crippen molar-refractivity contribution < 1.29 is 28.6 Å². The van der Waals surface area contributed by atoms with Gasteiger partial charge in [0.25, 0.3) is 5.91 Å². The zero-order valence-electron chi connectivity index (χ0n) is 13.8. The molecule has 0 spiro atoms. The molecule has 0 aliphatic rings. The Morgan fingerprint density at radius 2 is 1.88 bits per heavy atom. The van der Waals surface area contributed by atoms with Crippen LogP contribution >= 0.6 is 0 Å². The summed E-state index contributed by atoms with van der Waals surface area (Å²) in [6.07, 6.45) is -0.841. The van der Waals surface area contributed by atoms with Crippen molar-refractivity contribution in [3.63, 3.8) is 0 Å².